The molecule has 0 unspecified atom stereocenters. The Morgan fingerprint density at radius 3 is 2.61 bits per heavy atom. The van der Waals surface area contributed by atoms with Crippen LogP contribution in [0.3, 0.4) is 0 Å². The third kappa shape index (κ3) is 3.26. The molecule has 0 spiro atoms. The molecular formula is C25H21ClN2O3. The Morgan fingerprint density at radius 2 is 1.81 bits per heavy atom. The quantitative estimate of drug-likeness (QED) is 0.645. The van der Waals surface area contributed by atoms with Crippen molar-refractivity contribution in [3.05, 3.63) is 94.0 Å². The maximum absolute atomic E-state index is 13.7. The van der Waals surface area contributed by atoms with Crippen molar-refractivity contribution in [1.29, 1.82) is 0 Å². The predicted molar refractivity (Wildman–Crippen MR) is 120 cm³/mol. The lowest BCUT2D eigenvalue weighted by atomic mass is 9.76. The van der Waals surface area contributed by atoms with E-state index in [1.807, 2.05) is 41.3 Å². The number of ether oxygens (including phenoxy) is 1. The minimum atomic E-state index is -0.556. The average Bonchev–Trinajstić information content (AvgIpc) is 2.79. The molecule has 3 aromatic rings. The van der Waals surface area contributed by atoms with Gasteiger partial charge in [-0.2, -0.15) is 0 Å². The highest BCUT2D eigenvalue weighted by atomic mass is 35.5. The predicted octanol–water partition coefficient (Wildman–Crippen LogP) is 4.82. The highest BCUT2D eigenvalue weighted by molar-refractivity contribution is 6.31. The molecule has 0 radical (unpaired) electrons. The Labute approximate surface area is 185 Å². The summed E-state index contributed by atoms with van der Waals surface area (Å²) in [4.78, 5) is 28.9. The van der Waals surface area contributed by atoms with Crippen molar-refractivity contribution in [1.82, 2.24) is 4.90 Å². The van der Waals surface area contributed by atoms with Crippen LogP contribution in [0.5, 0.6) is 5.75 Å². The number of fused-ring (bicyclic) bond motifs is 4. The van der Waals surface area contributed by atoms with Gasteiger partial charge in [-0.1, -0.05) is 54.1 Å². The van der Waals surface area contributed by atoms with E-state index in [4.69, 9.17) is 16.3 Å². The number of methoxy groups -OCH3 is 1. The summed E-state index contributed by atoms with van der Waals surface area (Å²) >= 11 is 6.16. The van der Waals surface area contributed by atoms with E-state index in [0.29, 0.717) is 28.6 Å². The van der Waals surface area contributed by atoms with E-state index in [1.54, 1.807) is 31.4 Å². The Hall–Kier alpha value is -3.31. The Balaban J connectivity index is 1.63. The van der Waals surface area contributed by atoms with Gasteiger partial charge in [0, 0.05) is 17.1 Å². The maximum Gasteiger partial charge on any atom is 0.254 e. The molecule has 0 fully saturated rings. The Kier molecular flexibility index (Phi) is 4.91. The van der Waals surface area contributed by atoms with Crippen molar-refractivity contribution in [2.75, 3.05) is 19.0 Å². The number of nitrogens with zero attached hydrogens (tertiary/aromatic N) is 1. The number of anilines is 1. The third-order valence-electron chi connectivity index (χ3n) is 6.14. The second-order valence-corrected chi connectivity index (χ2v) is 8.23. The van der Waals surface area contributed by atoms with Gasteiger partial charge in [0.15, 0.2) is 0 Å². The van der Waals surface area contributed by atoms with E-state index in [0.717, 1.165) is 17.5 Å². The van der Waals surface area contributed by atoms with Crippen LogP contribution in [-0.2, 0) is 11.2 Å². The molecule has 0 saturated carbocycles. The summed E-state index contributed by atoms with van der Waals surface area (Å²) in [5, 5.41) is 3.51. The van der Waals surface area contributed by atoms with Crippen LogP contribution in [0.4, 0.5) is 5.69 Å². The third-order valence-corrected chi connectivity index (χ3v) is 6.37. The lowest BCUT2D eigenvalue weighted by Crippen LogP contribution is -2.49. The van der Waals surface area contributed by atoms with Gasteiger partial charge >= 0.3 is 0 Å². The first kappa shape index (κ1) is 19.6. The van der Waals surface area contributed by atoms with Gasteiger partial charge in [-0.15, -0.1) is 0 Å². The van der Waals surface area contributed by atoms with Crippen LogP contribution in [0.15, 0.2) is 66.7 Å². The number of rotatable bonds is 3. The molecule has 1 N–H and O–H groups in total. The smallest absolute Gasteiger partial charge is 0.254 e. The molecule has 0 saturated heterocycles. The molecule has 0 aromatic heterocycles. The summed E-state index contributed by atoms with van der Waals surface area (Å²) in [6.07, 6.45) is 0.775. The summed E-state index contributed by atoms with van der Waals surface area (Å²) in [6, 6.07) is 20.2. The fraction of sp³-hybridized carbons (Fsp3) is 0.200. The van der Waals surface area contributed by atoms with Crippen LogP contribution in [-0.4, -0.2) is 30.4 Å². The number of amides is 2. The van der Waals surface area contributed by atoms with Crippen LogP contribution in [0.2, 0.25) is 5.02 Å². The van der Waals surface area contributed by atoms with Crippen LogP contribution < -0.4 is 10.1 Å². The van der Waals surface area contributed by atoms with Gasteiger partial charge < -0.3 is 15.0 Å². The largest absolute Gasteiger partial charge is 0.495 e. The summed E-state index contributed by atoms with van der Waals surface area (Å²) < 4.78 is 5.40. The molecular weight excluding hydrogens is 412 g/mol. The molecule has 2 atom stereocenters. The molecule has 2 heterocycles. The molecule has 5 nitrogen and oxygen atoms in total. The van der Waals surface area contributed by atoms with Crippen LogP contribution in [0, 0.1) is 0 Å². The summed E-state index contributed by atoms with van der Waals surface area (Å²) in [5.41, 5.74) is 4.02. The van der Waals surface area contributed by atoms with Crippen LogP contribution in [0.25, 0.3) is 0 Å². The van der Waals surface area contributed by atoms with Crippen molar-refractivity contribution in [2.24, 2.45) is 0 Å². The molecule has 2 amide bonds. The summed E-state index contributed by atoms with van der Waals surface area (Å²) in [5.74, 6) is -0.260. The SMILES string of the molecule is COc1ccc(Cl)cc1NC(=O)[C@H]1c2ccccc2C(=O)N2CCc3ccccc3[C@@H]12. The van der Waals surface area contributed by atoms with E-state index in [1.165, 1.54) is 5.56 Å². The number of halogens is 1. The second kappa shape index (κ2) is 7.75. The monoisotopic (exact) mass is 432 g/mol. The number of nitrogens with one attached hydrogen (secondary N) is 1. The molecule has 5 rings (SSSR count). The first-order chi connectivity index (χ1) is 15.1. The van der Waals surface area contributed by atoms with Gasteiger partial charge in [0.25, 0.3) is 5.91 Å². The lowest BCUT2D eigenvalue weighted by Gasteiger charge is -2.45. The minimum Gasteiger partial charge on any atom is -0.495 e. The van der Waals surface area contributed by atoms with E-state index in [9.17, 15) is 9.59 Å². The fourth-order valence-corrected chi connectivity index (χ4v) is 4.92. The van der Waals surface area contributed by atoms with Crippen molar-refractivity contribution in [2.45, 2.75) is 18.4 Å². The summed E-state index contributed by atoms with van der Waals surface area (Å²) in [6.45, 7) is 0.582. The number of hydrogen-bond donors (Lipinski definition) is 1. The number of carbonyl (C=O) groups excluding carboxylic acids is 2. The molecule has 31 heavy (non-hydrogen) atoms. The highest BCUT2D eigenvalue weighted by Crippen LogP contribution is 2.46. The molecule has 2 aliphatic rings. The zero-order valence-electron chi connectivity index (χ0n) is 17.0. The zero-order chi connectivity index (χ0) is 21.5. The normalized spacial score (nSPS) is 19.2. The molecule has 0 bridgehead atoms. The van der Waals surface area contributed by atoms with Crippen molar-refractivity contribution < 1.29 is 14.3 Å². The van der Waals surface area contributed by atoms with Crippen molar-refractivity contribution in [3.63, 3.8) is 0 Å². The standard InChI is InChI=1S/C25H21ClN2O3/c1-31-21-11-10-16(26)14-20(21)27-24(29)22-18-8-4-5-9-19(18)25(30)28-13-12-15-6-2-3-7-17(15)23(22)28/h2-11,14,22-23H,12-13H2,1H3,(H,27,29)/t22-,23-/m0/s1. The summed E-state index contributed by atoms with van der Waals surface area (Å²) in [7, 11) is 1.55. The minimum absolute atomic E-state index is 0.0283. The highest BCUT2D eigenvalue weighted by Gasteiger charge is 2.46. The van der Waals surface area contributed by atoms with Gasteiger partial charge in [0.1, 0.15) is 5.75 Å². The van der Waals surface area contributed by atoms with E-state index >= 15 is 0 Å². The van der Waals surface area contributed by atoms with Crippen LogP contribution >= 0.6 is 11.6 Å². The molecule has 2 aliphatic heterocycles. The molecule has 6 heteroatoms. The first-order valence-corrected chi connectivity index (χ1v) is 10.6. The van der Waals surface area contributed by atoms with Gasteiger partial charge in [0.2, 0.25) is 5.91 Å². The van der Waals surface area contributed by atoms with Gasteiger partial charge in [-0.3, -0.25) is 9.59 Å². The Bertz CT molecular complexity index is 1190. The van der Waals surface area contributed by atoms with E-state index in [-0.39, 0.29) is 17.9 Å². The topological polar surface area (TPSA) is 58.6 Å². The van der Waals surface area contributed by atoms with E-state index in [2.05, 4.69) is 11.4 Å². The van der Waals surface area contributed by atoms with Gasteiger partial charge in [-0.25, -0.2) is 0 Å². The fourth-order valence-electron chi connectivity index (χ4n) is 4.75. The Morgan fingerprint density at radius 1 is 1.06 bits per heavy atom. The number of benzene rings is 3. The van der Waals surface area contributed by atoms with Crippen molar-refractivity contribution in [3.8, 4) is 5.75 Å². The van der Waals surface area contributed by atoms with Crippen molar-refractivity contribution >= 4 is 29.1 Å². The van der Waals surface area contributed by atoms with Gasteiger partial charge in [-0.05, 0) is 47.4 Å². The average molecular weight is 433 g/mol. The number of hydrogen-bond acceptors (Lipinski definition) is 3. The maximum atomic E-state index is 13.7. The molecule has 0 aliphatic carbocycles. The first-order valence-electron chi connectivity index (χ1n) is 10.2. The van der Waals surface area contributed by atoms with Gasteiger partial charge in [0.05, 0.1) is 24.8 Å². The van der Waals surface area contributed by atoms with Crippen LogP contribution in [0.1, 0.15) is 39.0 Å². The molecule has 156 valence electrons. The lowest BCUT2D eigenvalue weighted by molar-refractivity contribution is -0.119. The van der Waals surface area contributed by atoms with E-state index < -0.39 is 5.92 Å². The number of carbonyl (C=O) groups is 2. The zero-order valence-corrected chi connectivity index (χ0v) is 17.7. The molecule has 3 aromatic carbocycles. The second-order valence-electron chi connectivity index (χ2n) is 7.79.